The molecular formula is C26H27N3O4S. The first kappa shape index (κ1) is 23.5. The lowest BCUT2D eigenvalue weighted by Crippen LogP contribution is -2.33. The van der Waals surface area contributed by atoms with E-state index in [2.05, 4.69) is 21.1 Å². The Kier molecular flexibility index (Phi) is 7.30. The number of fused-ring (bicyclic) bond motifs is 1. The molecule has 0 spiro atoms. The van der Waals surface area contributed by atoms with Crippen molar-refractivity contribution in [2.24, 2.45) is 0 Å². The van der Waals surface area contributed by atoms with Crippen molar-refractivity contribution in [2.75, 3.05) is 20.2 Å². The minimum Gasteiger partial charge on any atom is -0.497 e. The molecule has 4 rings (SSSR count). The van der Waals surface area contributed by atoms with Crippen LogP contribution in [-0.4, -0.2) is 39.5 Å². The van der Waals surface area contributed by atoms with Crippen LogP contribution in [0.25, 0.3) is 10.9 Å². The molecule has 3 N–H and O–H groups in total. The zero-order valence-corrected chi connectivity index (χ0v) is 19.6. The van der Waals surface area contributed by atoms with Crippen LogP contribution in [0.3, 0.4) is 0 Å². The van der Waals surface area contributed by atoms with Gasteiger partial charge < -0.3 is 15.0 Å². The molecule has 0 saturated carbocycles. The number of aromatic amines is 1. The molecule has 0 bridgehead atoms. The molecular weight excluding hydrogens is 450 g/mol. The van der Waals surface area contributed by atoms with E-state index in [4.69, 9.17) is 4.74 Å². The van der Waals surface area contributed by atoms with Crippen LogP contribution in [-0.2, 0) is 14.8 Å². The maximum absolute atomic E-state index is 12.6. The lowest BCUT2D eigenvalue weighted by Gasteiger charge is -2.19. The zero-order chi connectivity index (χ0) is 24.0. The molecule has 1 unspecified atom stereocenters. The maximum Gasteiger partial charge on any atom is 0.240 e. The van der Waals surface area contributed by atoms with Gasteiger partial charge in [0.25, 0.3) is 0 Å². The number of carbonyl (C=O) groups excluding carboxylic acids is 1. The molecule has 0 saturated heterocycles. The Bertz CT molecular complexity index is 1350. The molecule has 0 fully saturated rings. The number of sulfonamides is 1. The van der Waals surface area contributed by atoms with Crippen molar-refractivity contribution in [3.8, 4) is 5.75 Å². The smallest absolute Gasteiger partial charge is 0.240 e. The average Bonchev–Trinajstić information content (AvgIpc) is 3.29. The number of amides is 1. The SMILES string of the molecule is COc1ccc(C(CNC(=O)CCNS(=O)(=O)c2ccccc2)c2c[nH]c3ccccc23)cc1. The number of aromatic nitrogens is 1. The van der Waals surface area contributed by atoms with Gasteiger partial charge in [-0.15, -0.1) is 0 Å². The van der Waals surface area contributed by atoms with Crippen molar-refractivity contribution in [3.05, 3.63) is 96.2 Å². The summed E-state index contributed by atoms with van der Waals surface area (Å²) in [6.45, 7) is 0.391. The van der Waals surface area contributed by atoms with Crippen LogP contribution in [0.1, 0.15) is 23.5 Å². The number of rotatable bonds is 10. The lowest BCUT2D eigenvalue weighted by atomic mass is 9.90. The maximum atomic E-state index is 12.6. The van der Waals surface area contributed by atoms with Gasteiger partial charge in [-0.2, -0.15) is 0 Å². The fourth-order valence-electron chi connectivity index (χ4n) is 3.91. The fraction of sp³-hybridized carbons (Fsp3) is 0.192. The summed E-state index contributed by atoms with van der Waals surface area (Å²) in [6, 6.07) is 23.9. The number of carbonyl (C=O) groups is 1. The first-order valence-corrected chi connectivity index (χ1v) is 12.5. The zero-order valence-electron chi connectivity index (χ0n) is 18.8. The van der Waals surface area contributed by atoms with Gasteiger partial charge in [0.1, 0.15) is 5.75 Å². The summed E-state index contributed by atoms with van der Waals surface area (Å²) in [7, 11) is -2.02. The normalized spacial score (nSPS) is 12.4. The summed E-state index contributed by atoms with van der Waals surface area (Å²) in [4.78, 5) is 16.0. The topological polar surface area (TPSA) is 100 Å². The quantitative estimate of drug-likeness (QED) is 0.324. The first-order valence-electron chi connectivity index (χ1n) is 11.0. The highest BCUT2D eigenvalue weighted by molar-refractivity contribution is 7.89. The molecule has 4 aromatic rings. The average molecular weight is 478 g/mol. The summed E-state index contributed by atoms with van der Waals surface area (Å²) < 4.78 is 32.4. The standard InChI is InChI=1S/C26H27N3O4S/c1-33-20-13-11-19(12-14-20)23(24-18-27-25-10-6-5-9-22(24)25)17-28-26(30)15-16-29-34(31,32)21-7-3-2-4-8-21/h2-14,18,23,27,29H,15-17H2,1H3,(H,28,30). The minimum atomic E-state index is -3.64. The highest BCUT2D eigenvalue weighted by Gasteiger charge is 2.20. The monoisotopic (exact) mass is 477 g/mol. The van der Waals surface area contributed by atoms with Crippen LogP contribution in [0.2, 0.25) is 0 Å². The number of hydrogen-bond donors (Lipinski definition) is 3. The van der Waals surface area contributed by atoms with E-state index in [-0.39, 0.29) is 29.7 Å². The second-order valence-electron chi connectivity index (χ2n) is 7.88. The van der Waals surface area contributed by atoms with Crippen molar-refractivity contribution < 1.29 is 17.9 Å². The van der Waals surface area contributed by atoms with Gasteiger partial charge in [0.15, 0.2) is 0 Å². The predicted octanol–water partition coefficient (Wildman–Crippen LogP) is 3.79. The molecule has 1 amide bonds. The van der Waals surface area contributed by atoms with Gasteiger partial charge in [-0.3, -0.25) is 4.79 Å². The molecule has 176 valence electrons. The Balaban J connectivity index is 1.44. The summed E-state index contributed by atoms with van der Waals surface area (Å²) in [5.74, 6) is 0.442. The van der Waals surface area contributed by atoms with E-state index >= 15 is 0 Å². The van der Waals surface area contributed by atoms with Crippen molar-refractivity contribution in [1.29, 1.82) is 0 Å². The third kappa shape index (κ3) is 5.47. The Hall–Kier alpha value is -3.62. The summed E-state index contributed by atoms with van der Waals surface area (Å²) in [6.07, 6.45) is 2.01. The Morgan fingerprint density at radius 2 is 1.68 bits per heavy atom. The van der Waals surface area contributed by atoms with Crippen LogP contribution in [0.5, 0.6) is 5.75 Å². The van der Waals surface area contributed by atoms with Gasteiger partial charge >= 0.3 is 0 Å². The van der Waals surface area contributed by atoms with Crippen molar-refractivity contribution >= 4 is 26.8 Å². The molecule has 0 radical (unpaired) electrons. The molecule has 3 aromatic carbocycles. The summed E-state index contributed by atoms with van der Waals surface area (Å²) in [5.41, 5.74) is 3.14. The molecule has 1 heterocycles. The third-order valence-electron chi connectivity index (χ3n) is 5.72. The van der Waals surface area contributed by atoms with E-state index in [1.807, 2.05) is 48.7 Å². The number of methoxy groups -OCH3 is 1. The van der Waals surface area contributed by atoms with Gasteiger partial charge in [0.2, 0.25) is 15.9 Å². The van der Waals surface area contributed by atoms with Gasteiger partial charge in [-0.1, -0.05) is 48.5 Å². The molecule has 0 aliphatic rings. The molecule has 1 aromatic heterocycles. The molecule has 7 nitrogen and oxygen atoms in total. The van der Waals surface area contributed by atoms with E-state index < -0.39 is 10.0 Å². The molecule has 8 heteroatoms. The summed E-state index contributed by atoms with van der Waals surface area (Å²) in [5, 5.41) is 4.06. The molecule has 0 aliphatic heterocycles. The van der Waals surface area contributed by atoms with Crippen LogP contribution >= 0.6 is 0 Å². The van der Waals surface area contributed by atoms with Crippen LogP contribution in [0, 0.1) is 0 Å². The second kappa shape index (κ2) is 10.5. The largest absolute Gasteiger partial charge is 0.497 e. The third-order valence-corrected chi connectivity index (χ3v) is 7.19. The van der Waals surface area contributed by atoms with Crippen molar-refractivity contribution in [2.45, 2.75) is 17.2 Å². The number of benzene rings is 3. The Morgan fingerprint density at radius 3 is 2.41 bits per heavy atom. The Labute approximate surface area is 199 Å². The highest BCUT2D eigenvalue weighted by Crippen LogP contribution is 2.31. The van der Waals surface area contributed by atoms with Gasteiger partial charge in [-0.25, -0.2) is 13.1 Å². The molecule has 1 atom stereocenters. The van der Waals surface area contributed by atoms with E-state index in [1.165, 1.54) is 12.1 Å². The lowest BCUT2D eigenvalue weighted by molar-refractivity contribution is -0.120. The van der Waals surface area contributed by atoms with Gasteiger partial charge in [-0.05, 0) is 41.5 Å². The van der Waals surface area contributed by atoms with Gasteiger partial charge in [0, 0.05) is 42.5 Å². The van der Waals surface area contributed by atoms with E-state index in [9.17, 15) is 13.2 Å². The van der Waals surface area contributed by atoms with Crippen LogP contribution < -0.4 is 14.8 Å². The van der Waals surface area contributed by atoms with Crippen molar-refractivity contribution in [3.63, 3.8) is 0 Å². The summed E-state index contributed by atoms with van der Waals surface area (Å²) >= 11 is 0. The Morgan fingerprint density at radius 1 is 0.971 bits per heavy atom. The van der Waals surface area contributed by atoms with Crippen LogP contribution in [0.4, 0.5) is 0 Å². The van der Waals surface area contributed by atoms with E-state index in [1.54, 1.807) is 25.3 Å². The minimum absolute atomic E-state index is 0.0172. The second-order valence-corrected chi connectivity index (χ2v) is 9.65. The predicted molar refractivity (Wildman–Crippen MR) is 132 cm³/mol. The first-order chi connectivity index (χ1) is 16.5. The number of para-hydroxylation sites is 1. The van der Waals surface area contributed by atoms with Crippen LogP contribution in [0.15, 0.2) is 90.0 Å². The number of hydrogen-bond acceptors (Lipinski definition) is 4. The van der Waals surface area contributed by atoms with Crippen molar-refractivity contribution in [1.82, 2.24) is 15.0 Å². The van der Waals surface area contributed by atoms with E-state index in [0.29, 0.717) is 6.54 Å². The number of H-pyrrole nitrogens is 1. The molecule has 34 heavy (non-hydrogen) atoms. The fourth-order valence-corrected chi connectivity index (χ4v) is 4.96. The highest BCUT2D eigenvalue weighted by atomic mass is 32.2. The number of ether oxygens (including phenoxy) is 1. The van der Waals surface area contributed by atoms with Gasteiger partial charge in [0.05, 0.1) is 12.0 Å². The molecule has 0 aliphatic carbocycles. The number of nitrogens with one attached hydrogen (secondary N) is 3. The van der Waals surface area contributed by atoms with E-state index in [0.717, 1.165) is 27.8 Å².